The zero-order valence-electron chi connectivity index (χ0n) is 20.6. The van der Waals surface area contributed by atoms with Crippen LogP contribution < -0.4 is 5.56 Å². The highest BCUT2D eigenvalue weighted by molar-refractivity contribution is 7.98. The van der Waals surface area contributed by atoms with Crippen LogP contribution in [0.25, 0.3) is 0 Å². The molecule has 186 valence electrons. The standard InChI is InChI=1S/C29H31FN4OS/c1-2-3-4-5-22-6-8-23(9-7-22)14-15-34-19-26(16-25-17-31-21-32-18-25)28(35)33-29(34)36-20-24-10-12-27(30)13-11-24/h6-13,17-19,21H,2-5,14-16,20H2,1H3. The molecular formula is C29H31FN4OS. The lowest BCUT2D eigenvalue weighted by Crippen LogP contribution is -2.20. The molecule has 0 saturated carbocycles. The highest BCUT2D eigenvalue weighted by Gasteiger charge is 2.11. The fraction of sp³-hybridized carbons (Fsp3) is 0.310. The SMILES string of the molecule is CCCCCc1ccc(CCn2cc(Cc3cncnc3)c(=O)nc2SCc2ccc(F)cc2)cc1. The van der Waals surface area contributed by atoms with Gasteiger partial charge in [0.15, 0.2) is 5.16 Å². The van der Waals surface area contributed by atoms with Crippen molar-refractivity contribution < 1.29 is 4.39 Å². The third-order valence-corrected chi connectivity index (χ3v) is 7.11. The van der Waals surface area contributed by atoms with E-state index < -0.39 is 0 Å². The van der Waals surface area contributed by atoms with Crippen LogP contribution in [-0.2, 0) is 31.6 Å². The van der Waals surface area contributed by atoms with Gasteiger partial charge in [-0.05, 0) is 53.6 Å². The van der Waals surface area contributed by atoms with Crippen molar-refractivity contribution in [3.05, 3.63) is 117 Å². The van der Waals surface area contributed by atoms with Crippen LogP contribution >= 0.6 is 11.8 Å². The molecule has 2 aromatic heterocycles. The first-order valence-electron chi connectivity index (χ1n) is 12.4. The van der Waals surface area contributed by atoms with Gasteiger partial charge in [-0.3, -0.25) is 4.79 Å². The van der Waals surface area contributed by atoms with Crippen molar-refractivity contribution in [1.82, 2.24) is 19.5 Å². The third-order valence-electron chi connectivity index (χ3n) is 6.05. The summed E-state index contributed by atoms with van der Waals surface area (Å²) < 4.78 is 15.3. The number of benzene rings is 2. The number of rotatable bonds is 12. The molecule has 7 heteroatoms. The van der Waals surface area contributed by atoms with E-state index in [0.717, 1.165) is 24.0 Å². The Hall–Kier alpha value is -3.32. The second kappa shape index (κ2) is 13.1. The highest BCUT2D eigenvalue weighted by Crippen LogP contribution is 2.22. The topological polar surface area (TPSA) is 60.7 Å². The number of unbranched alkanes of at least 4 members (excludes halogenated alkanes) is 2. The monoisotopic (exact) mass is 502 g/mol. The predicted octanol–water partition coefficient (Wildman–Crippen LogP) is 6.03. The van der Waals surface area contributed by atoms with E-state index in [1.807, 2.05) is 6.20 Å². The third kappa shape index (κ3) is 7.59. The molecule has 4 rings (SSSR count). The second-order valence-corrected chi connectivity index (χ2v) is 9.85. The lowest BCUT2D eigenvalue weighted by molar-refractivity contribution is 0.595. The molecule has 0 bridgehead atoms. The molecule has 0 aliphatic heterocycles. The number of nitrogens with zero attached hydrogens (tertiary/aromatic N) is 4. The van der Waals surface area contributed by atoms with Gasteiger partial charge in [0.2, 0.25) is 0 Å². The summed E-state index contributed by atoms with van der Waals surface area (Å²) in [7, 11) is 0. The van der Waals surface area contributed by atoms with Gasteiger partial charge >= 0.3 is 0 Å². The second-order valence-electron chi connectivity index (χ2n) is 8.91. The van der Waals surface area contributed by atoms with E-state index in [1.165, 1.54) is 60.6 Å². The van der Waals surface area contributed by atoms with Crippen molar-refractivity contribution in [2.24, 2.45) is 0 Å². The quantitative estimate of drug-likeness (QED) is 0.134. The fourth-order valence-electron chi connectivity index (χ4n) is 3.99. The Balaban J connectivity index is 1.51. The number of thioether (sulfide) groups is 1. The van der Waals surface area contributed by atoms with Crippen molar-refractivity contribution in [3.63, 3.8) is 0 Å². The molecule has 0 aliphatic rings. The summed E-state index contributed by atoms with van der Waals surface area (Å²) in [6, 6.07) is 15.3. The number of halogens is 1. The highest BCUT2D eigenvalue weighted by atomic mass is 32.2. The molecule has 0 radical (unpaired) electrons. The van der Waals surface area contributed by atoms with Crippen molar-refractivity contribution in [2.45, 2.75) is 62.9 Å². The van der Waals surface area contributed by atoms with E-state index in [-0.39, 0.29) is 11.4 Å². The Morgan fingerprint density at radius 1 is 0.861 bits per heavy atom. The summed E-state index contributed by atoms with van der Waals surface area (Å²) in [6.07, 6.45) is 12.9. The van der Waals surface area contributed by atoms with Crippen LogP contribution in [0, 0.1) is 5.82 Å². The van der Waals surface area contributed by atoms with Gasteiger partial charge in [-0.2, -0.15) is 4.98 Å². The molecular weight excluding hydrogens is 471 g/mol. The summed E-state index contributed by atoms with van der Waals surface area (Å²) in [5.74, 6) is 0.342. The molecule has 0 fully saturated rings. The molecule has 2 aromatic carbocycles. The van der Waals surface area contributed by atoms with Crippen LogP contribution in [-0.4, -0.2) is 19.5 Å². The van der Waals surface area contributed by atoms with E-state index in [9.17, 15) is 9.18 Å². The van der Waals surface area contributed by atoms with E-state index in [4.69, 9.17) is 0 Å². The Kier molecular flexibility index (Phi) is 9.39. The largest absolute Gasteiger partial charge is 0.327 e. The van der Waals surface area contributed by atoms with E-state index in [2.05, 4.69) is 50.7 Å². The summed E-state index contributed by atoms with van der Waals surface area (Å²) in [6.45, 7) is 2.92. The van der Waals surface area contributed by atoms with Gasteiger partial charge in [0.05, 0.1) is 0 Å². The lowest BCUT2D eigenvalue weighted by atomic mass is 10.0. The van der Waals surface area contributed by atoms with Crippen LogP contribution in [0.4, 0.5) is 4.39 Å². The molecule has 0 saturated heterocycles. The molecule has 0 amide bonds. The van der Waals surface area contributed by atoms with E-state index in [0.29, 0.717) is 29.4 Å². The van der Waals surface area contributed by atoms with Crippen molar-refractivity contribution >= 4 is 11.8 Å². The van der Waals surface area contributed by atoms with Crippen LogP contribution in [0.3, 0.4) is 0 Å². The normalized spacial score (nSPS) is 11.1. The van der Waals surface area contributed by atoms with Gasteiger partial charge in [-0.15, -0.1) is 0 Å². The van der Waals surface area contributed by atoms with Crippen LogP contribution in [0.1, 0.15) is 54.0 Å². The minimum atomic E-state index is -0.260. The van der Waals surface area contributed by atoms with E-state index in [1.54, 1.807) is 24.5 Å². The van der Waals surface area contributed by atoms with E-state index >= 15 is 0 Å². The summed E-state index contributed by atoms with van der Waals surface area (Å²) >= 11 is 1.49. The molecule has 0 aliphatic carbocycles. The Morgan fingerprint density at radius 2 is 1.53 bits per heavy atom. The maximum Gasteiger partial charge on any atom is 0.277 e. The summed E-state index contributed by atoms with van der Waals surface area (Å²) in [5.41, 5.74) is 4.84. The predicted molar refractivity (Wildman–Crippen MR) is 143 cm³/mol. The van der Waals surface area contributed by atoms with Crippen molar-refractivity contribution in [1.29, 1.82) is 0 Å². The molecule has 0 spiro atoms. The average molecular weight is 503 g/mol. The van der Waals surface area contributed by atoms with Gasteiger partial charge < -0.3 is 4.57 Å². The molecule has 0 N–H and O–H groups in total. The first-order chi connectivity index (χ1) is 17.6. The van der Waals surface area contributed by atoms with Gasteiger partial charge in [0, 0.05) is 42.9 Å². The zero-order valence-corrected chi connectivity index (χ0v) is 21.4. The Labute approximate surface area is 215 Å². The maximum atomic E-state index is 13.3. The van der Waals surface area contributed by atoms with Gasteiger partial charge in [0.1, 0.15) is 12.1 Å². The van der Waals surface area contributed by atoms with Crippen molar-refractivity contribution in [3.8, 4) is 0 Å². The number of aromatic nitrogens is 4. The van der Waals surface area contributed by atoms with Crippen LogP contribution in [0.5, 0.6) is 0 Å². The maximum absolute atomic E-state index is 13.3. The molecule has 4 aromatic rings. The molecule has 0 unspecified atom stereocenters. The molecule has 5 nitrogen and oxygen atoms in total. The first kappa shape index (κ1) is 25.8. The van der Waals surface area contributed by atoms with Gasteiger partial charge in [0.25, 0.3) is 5.56 Å². The van der Waals surface area contributed by atoms with Crippen molar-refractivity contribution in [2.75, 3.05) is 0 Å². The molecule has 2 heterocycles. The summed E-state index contributed by atoms with van der Waals surface area (Å²) in [4.78, 5) is 25.4. The average Bonchev–Trinajstić information content (AvgIpc) is 2.90. The number of hydrogen-bond donors (Lipinski definition) is 0. The number of aryl methyl sites for hydroxylation is 3. The fourth-order valence-corrected chi connectivity index (χ4v) is 4.93. The van der Waals surface area contributed by atoms with Crippen LogP contribution in [0.2, 0.25) is 0 Å². The smallest absolute Gasteiger partial charge is 0.277 e. The minimum Gasteiger partial charge on any atom is -0.327 e. The first-order valence-corrected chi connectivity index (χ1v) is 13.4. The van der Waals surface area contributed by atoms with Gasteiger partial charge in [-0.1, -0.05) is 67.9 Å². The molecule has 36 heavy (non-hydrogen) atoms. The summed E-state index contributed by atoms with van der Waals surface area (Å²) in [5, 5.41) is 0.661. The zero-order chi connectivity index (χ0) is 25.2. The van der Waals surface area contributed by atoms with Crippen LogP contribution in [0.15, 0.2) is 83.4 Å². The molecule has 0 atom stereocenters. The lowest BCUT2D eigenvalue weighted by Gasteiger charge is -2.14. The minimum absolute atomic E-state index is 0.242. The number of hydrogen-bond acceptors (Lipinski definition) is 5. The van der Waals surface area contributed by atoms with Gasteiger partial charge in [-0.25, -0.2) is 14.4 Å². The Morgan fingerprint density at radius 3 is 2.22 bits per heavy atom. The Bertz CT molecular complexity index is 1290.